The van der Waals surface area contributed by atoms with Gasteiger partial charge in [0.05, 0.1) is 28.6 Å². The van der Waals surface area contributed by atoms with E-state index in [4.69, 9.17) is 14.5 Å². The first-order chi connectivity index (χ1) is 21.6. The molecular weight excluding hydrogens is 704 g/mol. The summed E-state index contributed by atoms with van der Waals surface area (Å²) < 4.78 is 14.9. The summed E-state index contributed by atoms with van der Waals surface area (Å²) in [4.78, 5) is 30.3. The van der Waals surface area contributed by atoms with Gasteiger partial charge in [-0.3, -0.25) is 14.9 Å². The van der Waals surface area contributed by atoms with Gasteiger partial charge < -0.3 is 9.47 Å². The monoisotopic (exact) mass is 732 g/mol. The first-order valence-corrected chi connectivity index (χ1v) is 15.9. The number of ether oxygens (including phenoxy) is 2. The largest absolute Gasteiger partial charge is 0.494 e. The van der Waals surface area contributed by atoms with Crippen molar-refractivity contribution in [2.75, 3.05) is 6.61 Å². The lowest BCUT2D eigenvalue weighted by molar-refractivity contribution is -0.386. The molecule has 0 aliphatic heterocycles. The van der Waals surface area contributed by atoms with Gasteiger partial charge in [0.25, 0.3) is 5.56 Å². The lowest BCUT2D eigenvalue weighted by Gasteiger charge is -2.18. The highest BCUT2D eigenvalue weighted by molar-refractivity contribution is 9.11. The van der Waals surface area contributed by atoms with Crippen LogP contribution < -0.4 is 15.0 Å². The molecule has 1 aromatic heterocycles. The summed E-state index contributed by atoms with van der Waals surface area (Å²) in [6.45, 7) is 8.61. The number of para-hydroxylation sites is 2. The Morgan fingerprint density at radius 3 is 2.53 bits per heavy atom. The quantitative estimate of drug-likeness (QED) is 0.0807. The van der Waals surface area contributed by atoms with Crippen molar-refractivity contribution in [3.8, 4) is 22.9 Å². The third kappa shape index (κ3) is 6.84. The van der Waals surface area contributed by atoms with Gasteiger partial charge in [-0.05, 0) is 73.4 Å². The molecule has 0 saturated heterocycles. The molecule has 0 spiro atoms. The van der Waals surface area contributed by atoms with E-state index in [2.05, 4.69) is 50.8 Å². The van der Waals surface area contributed by atoms with Crippen LogP contribution in [-0.4, -0.2) is 27.4 Å². The fourth-order valence-electron chi connectivity index (χ4n) is 4.93. The van der Waals surface area contributed by atoms with Gasteiger partial charge in [0.2, 0.25) is 5.75 Å². The molecule has 0 N–H and O–H groups in total. The molecule has 4 aromatic carbocycles. The average molecular weight is 734 g/mol. The minimum absolute atomic E-state index is 0.0313. The third-order valence-corrected chi connectivity index (χ3v) is 8.43. The molecule has 0 saturated carbocycles. The number of fused-ring (bicyclic) bond motifs is 1. The predicted molar refractivity (Wildman–Crippen MR) is 184 cm³/mol. The Kier molecular flexibility index (Phi) is 9.79. The van der Waals surface area contributed by atoms with E-state index in [-0.39, 0.29) is 29.5 Å². The van der Waals surface area contributed by atoms with Crippen molar-refractivity contribution >= 4 is 54.7 Å². The zero-order valence-electron chi connectivity index (χ0n) is 25.1. The standard InChI is InChI=1S/C34H30Br2N4O5/c1-5-44-31-15-21(4)27(17-26(31)20(2)3)33-38-29-11-7-6-10-25(29)34(41)39(33)37-18-22-9-8-12-30(40(42)43)32(22)45-19-23-13-14-24(35)16-28(23)36/h6-18,20H,5,19H2,1-4H3. The molecular formula is C34H30Br2N4O5. The summed E-state index contributed by atoms with van der Waals surface area (Å²) >= 11 is 6.95. The van der Waals surface area contributed by atoms with Crippen LogP contribution in [0.15, 0.2) is 91.6 Å². The molecule has 9 nitrogen and oxygen atoms in total. The first-order valence-electron chi connectivity index (χ1n) is 14.3. The number of aryl methyl sites for hydroxylation is 1. The smallest absolute Gasteiger partial charge is 0.311 e. The molecule has 0 radical (unpaired) electrons. The molecule has 11 heteroatoms. The molecule has 0 atom stereocenters. The maximum atomic E-state index is 13.9. The second kappa shape index (κ2) is 13.7. The van der Waals surface area contributed by atoms with E-state index in [1.165, 1.54) is 17.0 Å². The van der Waals surface area contributed by atoms with Crippen LogP contribution in [0.5, 0.6) is 11.5 Å². The Labute approximate surface area is 276 Å². The fourth-order valence-corrected chi connectivity index (χ4v) is 6.09. The summed E-state index contributed by atoms with van der Waals surface area (Å²) in [5, 5.41) is 17.0. The normalized spacial score (nSPS) is 11.4. The SMILES string of the molecule is CCOc1cc(C)c(-c2nc3ccccc3c(=O)n2N=Cc2cccc([N+](=O)[O-])c2OCc2ccc(Br)cc2Br)cc1C(C)C. The number of nitrogens with zero attached hydrogens (tertiary/aromatic N) is 4. The molecule has 0 fully saturated rings. The molecule has 5 aromatic rings. The first kappa shape index (κ1) is 32.1. The number of rotatable bonds is 10. The van der Waals surface area contributed by atoms with Crippen molar-refractivity contribution in [2.45, 2.75) is 40.2 Å². The molecule has 230 valence electrons. The molecule has 0 bridgehead atoms. The van der Waals surface area contributed by atoms with Crippen LogP contribution in [0.3, 0.4) is 0 Å². The maximum Gasteiger partial charge on any atom is 0.311 e. The molecule has 0 unspecified atom stereocenters. The molecule has 0 amide bonds. The maximum absolute atomic E-state index is 13.9. The number of hydrogen-bond donors (Lipinski definition) is 0. The van der Waals surface area contributed by atoms with Gasteiger partial charge >= 0.3 is 5.69 Å². The van der Waals surface area contributed by atoms with Crippen LogP contribution in [0.2, 0.25) is 0 Å². The minimum atomic E-state index is -0.505. The second-order valence-corrected chi connectivity index (χ2v) is 12.4. The number of benzene rings is 4. The van der Waals surface area contributed by atoms with E-state index in [0.717, 1.165) is 36.9 Å². The van der Waals surface area contributed by atoms with Crippen molar-refractivity contribution in [1.82, 2.24) is 9.66 Å². The molecule has 45 heavy (non-hydrogen) atoms. The van der Waals surface area contributed by atoms with E-state index in [9.17, 15) is 14.9 Å². The summed E-state index contributed by atoms with van der Waals surface area (Å²) in [5.74, 6) is 1.29. The van der Waals surface area contributed by atoms with Crippen LogP contribution in [0, 0.1) is 17.0 Å². The lowest BCUT2D eigenvalue weighted by Crippen LogP contribution is -2.21. The van der Waals surface area contributed by atoms with E-state index in [1.54, 1.807) is 30.3 Å². The third-order valence-electron chi connectivity index (χ3n) is 7.19. The van der Waals surface area contributed by atoms with Crippen LogP contribution in [0.25, 0.3) is 22.3 Å². The van der Waals surface area contributed by atoms with E-state index in [0.29, 0.717) is 28.9 Å². The van der Waals surface area contributed by atoms with Crippen molar-refractivity contribution in [1.29, 1.82) is 0 Å². The highest BCUT2D eigenvalue weighted by Gasteiger charge is 2.21. The summed E-state index contributed by atoms with van der Waals surface area (Å²) in [7, 11) is 0. The van der Waals surface area contributed by atoms with Crippen LogP contribution >= 0.6 is 31.9 Å². The summed E-state index contributed by atoms with van der Waals surface area (Å²) in [6, 6.07) is 21.2. The molecule has 0 aliphatic carbocycles. The van der Waals surface area contributed by atoms with Crippen LogP contribution in [0.1, 0.15) is 48.9 Å². The lowest BCUT2D eigenvalue weighted by atomic mass is 9.96. The molecule has 0 aliphatic rings. The predicted octanol–water partition coefficient (Wildman–Crippen LogP) is 8.79. The Morgan fingerprint density at radius 1 is 1.04 bits per heavy atom. The fraction of sp³-hybridized carbons (Fsp3) is 0.206. The molecule has 5 rings (SSSR count). The average Bonchev–Trinajstić information content (AvgIpc) is 3.00. The van der Waals surface area contributed by atoms with E-state index >= 15 is 0 Å². The van der Waals surface area contributed by atoms with Crippen molar-refractivity contribution < 1.29 is 14.4 Å². The molecule has 1 heterocycles. The van der Waals surface area contributed by atoms with Crippen LogP contribution in [-0.2, 0) is 6.61 Å². The zero-order chi connectivity index (χ0) is 32.2. The summed E-state index contributed by atoms with van der Waals surface area (Å²) in [6.07, 6.45) is 1.40. The summed E-state index contributed by atoms with van der Waals surface area (Å²) in [5.41, 5.74) is 3.61. The highest BCUT2D eigenvalue weighted by Crippen LogP contribution is 2.35. The van der Waals surface area contributed by atoms with Crippen LogP contribution in [0.4, 0.5) is 5.69 Å². The van der Waals surface area contributed by atoms with Crippen molar-refractivity contribution in [2.24, 2.45) is 5.10 Å². The van der Waals surface area contributed by atoms with Gasteiger partial charge in [0.1, 0.15) is 12.4 Å². The van der Waals surface area contributed by atoms with Gasteiger partial charge in [-0.25, -0.2) is 4.98 Å². The minimum Gasteiger partial charge on any atom is -0.494 e. The zero-order valence-corrected chi connectivity index (χ0v) is 28.3. The topological polar surface area (TPSA) is 109 Å². The van der Waals surface area contributed by atoms with Gasteiger partial charge in [0, 0.05) is 31.7 Å². The number of nitro benzene ring substituents is 1. The van der Waals surface area contributed by atoms with E-state index in [1.807, 2.05) is 50.2 Å². The van der Waals surface area contributed by atoms with Crippen molar-refractivity contribution in [3.63, 3.8) is 0 Å². The van der Waals surface area contributed by atoms with Gasteiger partial charge in [-0.15, -0.1) is 0 Å². The highest BCUT2D eigenvalue weighted by atomic mass is 79.9. The van der Waals surface area contributed by atoms with E-state index < -0.39 is 4.92 Å². The second-order valence-electron chi connectivity index (χ2n) is 10.6. The van der Waals surface area contributed by atoms with Gasteiger partial charge in [0.15, 0.2) is 5.82 Å². The number of hydrogen-bond acceptors (Lipinski definition) is 7. The number of nitro groups is 1. The van der Waals surface area contributed by atoms with Crippen molar-refractivity contribution in [3.05, 3.63) is 124 Å². The Bertz CT molecular complexity index is 2010. The van der Waals surface area contributed by atoms with Gasteiger partial charge in [-0.2, -0.15) is 9.78 Å². The number of halogens is 2. The number of aromatic nitrogens is 2. The Morgan fingerprint density at radius 2 is 1.82 bits per heavy atom. The Balaban J connectivity index is 1.67. The Hall–Kier alpha value is -4.35. The van der Waals surface area contributed by atoms with Gasteiger partial charge in [-0.1, -0.05) is 70.0 Å².